The standard InChI is InChI=1S/C35H45F4N6O10P/c1-19-9-20(2)30(27(10-19)55-56(49,50)51)33(3,4)15-29(46)53-18-45-28(40-31(47)25-13-22(42-44(25)6)16-52-17-35(37,38)39)14-24(43-45)21-11-23(36)26(12-21)54-32(48)41-34(5)7-8-34/h9-10,13-14,21,23,26H,7-8,11-12,15-18H2,1-6H3,(H,40,47)(H,41,48)(H2,49,50,51)/t21-,23+,26-/m1/s1. The number of phosphoric ester groups is 1. The fraction of sp³-hybridized carbons (Fsp3) is 0.571. The molecule has 21 heteroatoms. The molecule has 4 N–H and O–H groups in total. The first-order valence-corrected chi connectivity index (χ1v) is 19.2. The summed E-state index contributed by atoms with van der Waals surface area (Å²) in [7, 11) is -3.55. The molecule has 0 bridgehead atoms. The number of halogens is 4. The summed E-state index contributed by atoms with van der Waals surface area (Å²) in [5, 5.41) is 13.9. The van der Waals surface area contributed by atoms with Crippen LogP contribution in [0.3, 0.4) is 0 Å². The third kappa shape index (κ3) is 11.3. The summed E-state index contributed by atoms with van der Waals surface area (Å²) in [4.78, 5) is 58.3. The Labute approximate surface area is 319 Å². The molecule has 308 valence electrons. The van der Waals surface area contributed by atoms with Crippen molar-refractivity contribution in [2.75, 3.05) is 11.9 Å². The minimum absolute atomic E-state index is 0.0130. The van der Waals surface area contributed by atoms with Gasteiger partial charge in [-0.2, -0.15) is 23.4 Å². The van der Waals surface area contributed by atoms with Crippen molar-refractivity contribution in [1.29, 1.82) is 0 Å². The Morgan fingerprint density at radius 2 is 1.77 bits per heavy atom. The van der Waals surface area contributed by atoms with Crippen LogP contribution in [-0.4, -0.2) is 77.9 Å². The van der Waals surface area contributed by atoms with Gasteiger partial charge < -0.3 is 29.4 Å². The summed E-state index contributed by atoms with van der Waals surface area (Å²) in [6.07, 6.45) is -6.58. The highest BCUT2D eigenvalue weighted by molar-refractivity contribution is 7.46. The number of alkyl halides is 4. The lowest BCUT2D eigenvalue weighted by molar-refractivity contribution is -0.176. The topological polar surface area (TPSA) is 205 Å². The van der Waals surface area contributed by atoms with Gasteiger partial charge in [-0.05, 0) is 69.7 Å². The predicted octanol–water partition coefficient (Wildman–Crippen LogP) is 5.77. The molecule has 2 fully saturated rings. The van der Waals surface area contributed by atoms with E-state index in [9.17, 15) is 41.9 Å². The van der Waals surface area contributed by atoms with E-state index in [2.05, 4.69) is 25.6 Å². The zero-order valence-corrected chi connectivity index (χ0v) is 32.5. The van der Waals surface area contributed by atoms with Crippen molar-refractivity contribution in [2.24, 2.45) is 7.05 Å². The van der Waals surface area contributed by atoms with E-state index in [0.29, 0.717) is 22.4 Å². The number of ether oxygens (including phenoxy) is 3. The molecule has 0 spiro atoms. The van der Waals surface area contributed by atoms with Gasteiger partial charge in [0.2, 0.25) is 0 Å². The van der Waals surface area contributed by atoms with Crippen LogP contribution in [0.1, 0.15) is 97.4 Å². The predicted molar refractivity (Wildman–Crippen MR) is 189 cm³/mol. The molecule has 3 atom stereocenters. The highest BCUT2D eigenvalue weighted by Gasteiger charge is 2.43. The number of nitrogens with one attached hydrogen (secondary N) is 2. The van der Waals surface area contributed by atoms with Gasteiger partial charge in [0, 0.05) is 35.5 Å². The molecule has 1 aromatic carbocycles. The highest BCUT2D eigenvalue weighted by atomic mass is 31.2. The van der Waals surface area contributed by atoms with Crippen molar-refractivity contribution < 1.29 is 65.0 Å². The average Bonchev–Trinajstić information content (AvgIpc) is 3.30. The van der Waals surface area contributed by atoms with Crippen molar-refractivity contribution in [2.45, 2.75) is 115 Å². The molecule has 2 amide bonds. The number of anilines is 1. The van der Waals surface area contributed by atoms with Gasteiger partial charge in [0.25, 0.3) is 5.91 Å². The first-order chi connectivity index (χ1) is 25.9. The van der Waals surface area contributed by atoms with E-state index in [1.165, 1.54) is 25.2 Å². The summed E-state index contributed by atoms with van der Waals surface area (Å²) in [5.74, 6) is -2.16. The number of aryl methyl sites for hydroxylation is 3. The van der Waals surface area contributed by atoms with Gasteiger partial charge in [-0.1, -0.05) is 19.9 Å². The van der Waals surface area contributed by atoms with Crippen molar-refractivity contribution in [3.8, 4) is 5.75 Å². The molecule has 2 aromatic heterocycles. The lowest BCUT2D eigenvalue weighted by Crippen LogP contribution is -2.38. The highest BCUT2D eigenvalue weighted by Crippen LogP contribution is 2.45. The normalized spacial score (nSPS) is 19.4. The van der Waals surface area contributed by atoms with E-state index in [4.69, 9.17) is 14.0 Å². The Bertz CT molecular complexity index is 2010. The largest absolute Gasteiger partial charge is 0.524 e. The summed E-state index contributed by atoms with van der Waals surface area (Å²) in [6, 6.07) is 5.92. The maximum atomic E-state index is 15.2. The number of carbonyl (C=O) groups is 3. The van der Waals surface area contributed by atoms with Crippen LogP contribution in [0, 0.1) is 13.8 Å². The lowest BCUT2D eigenvalue weighted by atomic mass is 9.78. The van der Waals surface area contributed by atoms with E-state index in [-0.39, 0.29) is 47.8 Å². The first kappa shape index (κ1) is 42.6. The summed E-state index contributed by atoms with van der Waals surface area (Å²) in [5.41, 5.74) is 0.506. The molecule has 0 saturated heterocycles. The third-order valence-electron chi connectivity index (χ3n) is 9.50. The van der Waals surface area contributed by atoms with Crippen LogP contribution >= 0.6 is 7.82 Å². The molecular formula is C35H45F4N6O10P. The van der Waals surface area contributed by atoms with E-state index < -0.39 is 75.5 Å². The fourth-order valence-corrected chi connectivity index (χ4v) is 7.16. The van der Waals surface area contributed by atoms with Crippen LogP contribution in [0.5, 0.6) is 5.75 Å². The van der Waals surface area contributed by atoms with Gasteiger partial charge in [-0.3, -0.25) is 24.1 Å². The van der Waals surface area contributed by atoms with Crippen LogP contribution in [0.4, 0.5) is 28.2 Å². The molecule has 0 aliphatic heterocycles. The van der Waals surface area contributed by atoms with Gasteiger partial charge in [0.05, 0.1) is 24.4 Å². The second kappa shape index (κ2) is 16.1. The Morgan fingerprint density at radius 1 is 1.07 bits per heavy atom. The van der Waals surface area contributed by atoms with Crippen LogP contribution in [0.25, 0.3) is 0 Å². The minimum atomic E-state index is -4.96. The Hall–Kier alpha value is -4.52. The fourth-order valence-electron chi connectivity index (χ4n) is 6.76. The van der Waals surface area contributed by atoms with E-state index in [1.807, 2.05) is 6.92 Å². The van der Waals surface area contributed by atoms with Crippen molar-refractivity contribution in [3.05, 3.63) is 58.0 Å². The average molecular weight is 817 g/mol. The second-order valence-electron chi connectivity index (χ2n) is 15.2. The summed E-state index contributed by atoms with van der Waals surface area (Å²) < 4.78 is 87.5. The number of esters is 1. The molecular weight excluding hydrogens is 771 g/mol. The number of nitrogens with zero attached hydrogens (tertiary/aromatic N) is 4. The van der Waals surface area contributed by atoms with Crippen LogP contribution in [0.2, 0.25) is 0 Å². The summed E-state index contributed by atoms with van der Waals surface area (Å²) >= 11 is 0. The molecule has 0 unspecified atom stereocenters. The maximum absolute atomic E-state index is 15.2. The van der Waals surface area contributed by atoms with Crippen LogP contribution in [-0.2, 0) is 49.4 Å². The smallest absolute Gasteiger partial charge is 0.443 e. The number of aromatic nitrogens is 4. The lowest BCUT2D eigenvalue weighted by Gasteiger charge is -2.29. The van der Waals surface area contributed by atoms with Crippen molar-refractivity contribution in [3.63, 3.8) is 0 Å². The van der Waals surface area contributed by atoms with E-state index in [1.54, 1.807) is 33.8 Å². The van der Waals surface area contributed by atoms with Crippen molar-refractivity contribution in [1.82, 2.24) is 24.9 Å². The molecule has 5 rings (SSSR count). The molecule has 0 radical (unpaired) electrons. The Morgan fingerprint density at radius 3 is 2.41 bits per heavy atom. The SMILES string of the molecule is Cc1cc(C)c(C(C)(C)CC(=O)OCn2nc([C@@H]3C[C@H](F)[C@H](OC(=O)NC4(C)CC4)C3)cc2NC(=O)c2cc(COCC(F)(F)F)nn2C)c(OP(=O)(O)O)c1. The van der Waals surface area contributed by atoms with Crippen LogP contribution in [0.15, 0.2) is 24.3 Å². The summed E-state index contributed by atoms with van der Waals surface area (Å²) in [6.45, 7) is 6.06. The number of alkyl carbamates (subject to hydrolysis) is 1. The Kier molecular flexibility index (Phi) is 12.3. The number of benzene rings is 1. The zero-order valence-electron chi connectivity index (χ0n) is 31.6. The molecule has 2 saturated carbocycles. The van der Waals surface area contributed by atoms with Gasteiger partial charge in [-0.15, -0.1) is 0 Å². The molecule has 2 heterocycles. The number of hydrogen-bond acceptors (Lipinski definition) is 10. The molecule has 56 heavy (non-hydrogen) atoms. The zero-order chi connectivity index (χ0) is 41.4. The second-order valence-corrected chi connectivity index (χ2v) is 16.4. The number of phosphoric acid groups is 1. The molecule has 2 aliphatic rings. The maximum Gasteiger partial charge on any atom is 0.524 e. The van der Waals surface area contributed by atoms with E-state index in [0.717, 1.165) is 22.2 Å². The van der Waals surface area contributed by atoms with Gasteiger partial charge >= 0.3 is 26.1 Å². The first-order valence-electron chi connectivity index (χ1n) is 17.6. The van der Waals surface area contributed by atoms with Gasteiger partial charge in [-0.25, -0.2) is 18.4 Å². The quantitative estimate of drug-likeness (QED) is 0.0821. The van der Waals surface area contributed by atoms with Gasteiger partial charge in [0.15, 0.2) is 6.73 Å². The van der Waals surface area contributed by atoms with Crippen molar-refractivity contribution >= 4 is 31.6 Å². The third-order valence-corrected chi connectivity index (χ3v) is 9.94. The minimum Gasteiger partial charge on any atom is -0.443 e. The molecule has 16 nitrogen and oxygen atoms in total. The Balaban J connectivity index is 1.34. The van der Waals surface area contributed by atoms with Gasteiger partial charge in [0.1, 0.15) is 36.1 Å². The number of hydrogen-bond donors (Lipinski definition) is 4. The number of amides is 2. The molecule has 3 aromatic rings. The number of carbonyl (C=O) groups excluding carboxylic acids is 3. The van der Waals surface area contributed by atoms with E-state index >= 15 is 4.39 Å². The number of rotatable bonds is 15. The monoisotopic (exact) mass is 816 g/mol. The molecule has 2 aliphatic carbocycles. The van der Waals surface area contributed by atoms with Crippen LogP contribution < -0.4 is 15.2 Å².